The molecule has 0 radical (unpaired) electrons. The predicted molar refractivity (Wildman–Crippen MR) is 128 cm³/mol. The number of amides is 2. The minimum atomic E-state index is -0.514. The van der Waals surface area contributed by atoms with Gasteiger partial charge >= 0.3 is 0 Å². The molecule has 170 valence electrons. The highest BCUT2D eigenvalue weighted by atomic mass is 16.4. The summed E-state index contributed by atoms with van der Waals surface area (Å²) in [4.78, 5) is 30.0. The quantitative estimate of drug-likeness (QED) is 0.391. The highest BCUT2D eigenvalue weighted by Gasteiger charge is 2.28. The number of aromatic hydroxyl groups is 1. The summed E-state index contributed by atoms with van der Waals surface area (Å²) in [5, 5.41) is 18.0. The van der Waals surface area contributed by atoms with Crippen molar-refractivity contribution in [3.63, 3.8) is 0 Å². The number of aryl methyl sites for hydroxylation is 1. The number of anilines is 1. The zero-order valence-electron chi connectivity index (χ0n) is 18.5. The van der Waals surface area contributed by atoms with Gasteiger partial charge in [0, 0.05) is 29.1 Å². The topological polar surface area (TPSA) is 117 Å². The molecule has 0 atom stereocenters. The maximum atomic E-state index is 13.1. The smallest absolute Gasteiger partial charge is 0.291 e. The molecule has 0 unspecified atom stereocenters. The van der Waals surface area contributed by atoms with Crippen molar-refractivity contribution in [2.75, 3.05) is 5.32 Å². The predicted octanol–water partition coefficient (Wildman–Crippen LogP) is 4.56. The largest absolute Gasteiger partial charge is 0.507 e. The Hall–Kier alpha value is -4.46. The summed E-state index contributed by atoms with van der Waals surface area (Å²) < 4.78 is 5.96. The van der Waals surface area contributed by atoms with E-state index in [1.807, 2.05) is 31.2 Å². The average molecular weight is 454 g/mol. The molecular formula is C26H22N4O4. The lowest BCUT2D eigenvalue weighted by molar-refractivity contribution is 0.0950. The van der Waals surface area contributed by atoms with Gasteiger partial charge in [-0.05, 0) is 44.0 Å². The first-order chi connectivity index (χ1) is 16.5. The van der Waals surface area contributed by atoms with Crippen molar-refractivity contribution >= 4 is 34.1 Å². The van der Waals surface area contributed by atoms with Crippen LogP contribution in [0.15, 0.2) is 70.3 Å². The molecule has 1 aliphatic rings. The van der Waals surface area contributed by atoms with E-state index < -0.39 is 5.91 Å². The van der Waals surface area contributed by atoms with Crippen LogP contribution in [0.5, 0.6) is 5.75 Å². The van der Waals surface area contributed by atoms with E-state index >= 15 is 0 Å². The Labute approximate surface area is 195 Å². The molecule has 0 spiro atoms. The van der Waals surface area contributed by atoms with Crippen LogP contribution in [-0.2, 0) is 6.42 Å². The number of rotatable bonds is 4. The lowest BCUT2D eigenvalue weighted by Gasteiger charge is -2.13. The number of nitrogens with zero attached hydrogens (tertiary/aromatic N) is 2. The lowest BCUT2D eigenvalue weighted by Crippen LogP contribution is -2.22. The minimum absolute atomic E-state index is 0.120. The van der Waals surface area contributed by atoms with Crippen LogP contribution in [0.1, 0.15) is 50.6 Å². The molecule has 34 heavy (non-hydrogen) atoms. The number of benzene rings is 2. The molecule has 8 heteroatoms. The number of hydrogen-bond donors (Lipinski definition) is 3. The Morgan fingerprint density at radius 2 is 1.85 bits per heavy atom. The summed E-state index contributed by atoms with van der Waals surface area (Å²) in [6, 6.07) is 15.6. The number of nitrogens with one attached hydrogen (secondary N) is 2. The van der Waals surface area contributed by atoms with Crippen LogP contribution >= 0.6 is 0 Å². The maximum absolute atomic E-state index is 13.1. The zero-order chi connectivity index (χ0) is 23.7. The fraction of sp³-hybridized carbons (Fsp3) is 0.154. The zero-order valence-corrected chi connectivity index (χ0v) is 18.5. The molecule has 5 rings (SSSR count). The van der Waals surface area contributed by atoms with E-state index in [1.54, 1.807) is 24.4 Å². The molecule has 2 heterocycles. The van der Waals surface area contributed by atoms with Crippen molar-refractivity contribution in [2.24, 2.45) is 5.10 Å². The van der Waals surface area contributed by atoms with Gasteiger partial charge in [0.05, 0.1) is 22.5 Å². The highest BCUT2D eigenvalue weighted by Crippen LogP contribution is 2.31. The second kappa shape index (κ2) is 8.82. The standard InChI is InChI=1S/C26H22N4O4/c1-15-22-18(29-30-25(32)17-9-2-3-12-20(17)31)10-5-13-21(22)34-24(15)26(33)28-19-11-4-7-16-8-6-14-27-23(16)19/h2-4,6-9,11-12,14,31H,5,10,13H2,1H3,(H,28,33)(H,30,32)/b29-18+. The number of carbonyl (C=O) groups is 2. The fourth-order valence-corrected chi connectivity index (χ4v) is 4.22. The van der Waals surface area contributed by atoms with Gasteiger partial charge in [0.15, 0.2) is 5.76 Å². The number of carbonyl (C=O) groups excluding carboxylic acids is 2. The van der Waals surface area contributed by atoms with Crippen molar-refractivity contribution in [2.45, 2.75) is 26.2 Å². The second-order valence-corrected chi connectivity index (χ2v) is 8.06. The van der Waals surface area contributed by atoms with Crippen molar-refractivity contribution in [1.29, 1.82) is 0 Å². The van der Waals surface area contributed by atoms with Gasteiger partial charge in [-0.25, -0.2) is 5.43 Å². The third kappa shape index (κ3) is 3.90. The van der Waals surface area contributed by atoms with Crippen LogP contribution in [0.25, 0.3) is 10.9 Å². The first kappa shape index (κ1) is 21.4. The van der Waals surface area contributed by atoms with E-state index in [4.69, 9.17) is 4.42 Å². The van der Waals surface area contributed by atoms with Gasteiger partial charge in [-0.3, -0.25) is 14.6 Å². The summed E-state index contributed by atoms with van der Waals surface area (Å²) in [5.41, 5.74) is 5.98. The van der Waals surface area contributed by atoms with Crippen molar-refractivity contribution in [3.05, 3.63) is 89.0 Å². The number of pyridine rings is 1. The van der Waals surface area contributed by atoms with Crippen LogP contribution in [0.2, 0.25) is 0 Å². The number of phenols is 1. The molecule has 1 aliphatic carbocycles. The Balaban J connectivity index is 1.42. The summed E-state index contributed by atoms with van der Waals surface area (Å²) in [7, 11) is 0. The first-order valence-corrected chi connectivity index (χ1v) is 11.0. The van der Waals surface area contributed by atoms with Crippen LogP contribution in [0.3, 0.4) is 0 Å². The molecule has 2 aromatic heterocycles. The highest BCUT2D eigenvalue weighted by molar-refractivity contribution is 6.11. The number of hydrogen-bond acceptors (Lipinski definition) is 6. The molecule has 4 aromatic rings. The molecule has 8 nitrogen and oxygen atoms in total. The van der Waals surface area contributed by atoms with Crippen LogP contribution < -0.4 is 10.7 Å². The molecule has 2 amide bonds. The second-order valence-electron chi connectivity index (χ2n) is 8.06. The molecular weight excluding hydrogens is 432 g/mol. The number of furan rings is 1. The summed E-state index contributed by atoms with van der Waals surface area (Å²) >= 11 is 0. The van der Waals surface area contributed by atoms with Crippen molar-refractivity contribution in [3.8, 4) is 5.75 Å². The van der Waals surface area contributed by atoms with Crippen LogP contribution in [0, 0.1) is 6.92 Å². The van der Waals surface area contributed by atoms with E-state index in [1.165, 1.54) is 12.1 Å². The SMILES string of the molecule is Cc1c(C(=O)Nc2cccc3cccnc23)oc2c1/C(=N/NC(=O)c1ccccc1O)CCC2. The van der Waals surface area contributed by atoms with E-state index in [0.29, 0.717) is 41.1 Å². The molecule has 0 saturated carbocycles. The summed E-state index contributed by atoms with van der Waals surface area (Å²) in [5.74, 6) is -0.131. The van der Waals surface area contributed by atoms with Gasteiger partial charge in [-0.1, -0.05) is 30.3 Å². The van der Waals surface area contributed by atoms with Gasteiger partial charge < -0.3 is 14.8 Å². The molecule has 0 fully saturated rings. The van der Waals surface area contributed by atoms with Crippen LogP contribution in [-0.4, -0.2) is 27.6 Å². The molecule has 0 bridgehead atoms. The maximum Gasteiger partial charge on any atom is 0.291 e. The normalized spacial score (nSPS) is 14.1. The lowest BCUT2D eigenvalue weighted by atomic mass is 9.93. The van der Waals surface area contributed by atoms with E-state index in [0.717, 1.165) is 17.4 Å². The Kier molecular flexibility index (Phi) is 5.55. The number of fused-ring (bicyclic) bond motifs is 2. The third-order valence-electron chi connectivity index (χ3n) is 5.85. The van der Waals surface area contributed by atoms with Crippen molar-refractivity contribution in [1.82, 2.24) is 10.4 Å². The fourth-order valence-electron chi connectivity index (χ4n) is 4.22. The molecule has 0 aliphatic heterocycles. The van der Waals surface area contributed by atoms with Crippen LogP contribution in [0.4, 0.5) is 5.69 Å². The average Bonchev–Trinajstić information content (AvgIpc) is 3.20. The summed E-state index contributed by atoms with van der Waals surface area (Å²) in [6.45, 7) is 1.81. The van der Waals surface area contributed by atoms with Gasteiger partial charge in [-0.15, -0.1) is 0 Å². The minimum Gasteiger partial charge on any atom is -0.507 e. The Morgan fingerprint density at radius 3 is 2.71 bits per heavy atom. The first-order valence-electron chi connectivity index (χ1n) is 11.0. The van der Waals surface area contributed by atoms with Crippen molar-refractivity contribution < 1.29 is 19.1 Å². The van der Waals surface area contributed by atoms with E-state index in [-0.39, 0.29) is 23.0 Å². The molecule has 3 N–H and O–H groups in total. The van der Waals surface area contributed by atoms with E-state index in [9.17, 15) is 14.7 Å². The Morgan fingerprint density at radius 1 is 1.03 bits per heavy atom. The molecule has 0 saturated heterocycles. The monoisotopic (exact) mass is 454 g/mol. The Bertz CT molecular complexity index is 1450. The molecule has 2 aromatic carbocycles. The number of aromatic nitrogens is 1. The number of phenolic OH excluding ortho intramolecular Hbond substituents is 1. The van der Waals surface area contributed by atoms with Gasteiger partial charge in [0.25, 0.3) is 11.8 Å². The third-order valence-corrected chi connectivity index (χ3v) is 5.85. The van der Waals surface area contributed by atoms with Gasteiger partial charge in [0.2, 0.25) is 0 Å². The van der Waals surface area contributed by atoms with Gasteiger partial charge in [0.1, 0.15) is 11.5 Å². The number of para-hydroxylation sites is 2. The van der Waals surface area contributed by atoms with Gasteiger partial charge in [-0.2, -0.15) is 5.10 Å². The van der Waals surface area contributed by atoms with E-state index in [2.05, 4.69) is 20.8 Å². The number of hydrazone groups is 1. The summed E-state index contributed by atoms with van der Waals surface area (Å²) in [6.07, 6.45) is 3.76.